The van der Waals surface area contributed by atoms with Crippen LogP contribution in [0.3, 0.4) is 0 Å². The van der Waals surface area contributed by atoms with Gasteiger partial charge in [0, 0.05) is 11.3 Å². The highest BCUT2D eigenvalue weighted by Gasteiger charge is 2.58. The van der Waals surface area contributed by atoms with Crippen molar-refractivity contribution in [2.75, 3.05) is 11.9 Å². The Kier molecular flexibility index (Phi) is 5.48. The van der Waals surface area contributed by atoms with Crippen molar-refractivity contribution in [3.63, 3.8) is 0 Å². The number of carbonyl (C=O) groups is 1. The second-order valence-electron chi connectivity index (χ2n) is 6.83. The number of ether oxygens (including phenoxy) is 1. The second kappa shape index (κ2) is 7.82. The fourth-order valence-corrected chi connectivity index (χ4v) is 3.21. The van der Waals surface area contributed by atoms with Gasteiger partial charge in [-0.25, -0.2) is 19.3 Å². The van der Waals surface area contributed by atoms with Gasteiger partial charge in [-0.1, -0.05) is 13.0 Å². The fraction of sp³-hybridized carbons (Fsp3) is 0.400. The summed E-state index contributed by atoms with van der Waals surface area (Å²) < 4.78 is 18.9. The summed E-state index contributed by atoms with van der Waals surface area (Å²) in [7, 11) is 0. The predicted molar refractivity (Wildman–Crippen MR) is 99.8 cm³/mol. The molecular formula is C20H23FN4O2. The lowest BCUT2D eigenvalue weighted by atomic mass is 10.00. The van der Waals surface area contributed by atoms with Crippen LogP contribution in [0.2, 0.25) is 0 Å². The van der Waals surface area contributed by atoms with Gasteiger partial charge >= 0.3 is 0 Å². The van der Waals surface area contributed by atoms with Gasteiger partial charge in [-0.05, 0) is 38.3 Å². The van der Waals surface area contributed by atoms with Crippen LogP contribution in [0.25, 0.3) is 0 Å². The quantitative estimate of drug-likeness (QED) is 0.720. The number of carbonyl (C=O) groups excluding carboxylic acids is 1. The maximum Gasteiger partial charge on any atom is 0.229 e. The molecule has 142 valence electrons. The number of nitrogens with zero attached hydrogens (tertiary/aromatic N) is 3. The minimum Gasteiger partial charge on any atom is -0.489 e. The molecule has 2 atom stereocenters. The first-order chi connectivity index (χ1) is 13.0. The number of rotatable bonds is 8. The van der Waals surface area contributed by atoms with Crippen LogP contribution in [0.5, 0.6) is 5.75 Å². The molecule has 2 aromatic rings. The molecule has 0 spiro atoms. The average Bonchev–Trinajstić information content (AvgIpc) is 3.37. The third kappa shape index (κ3) is 4.30. The van der Waals surface area contributed by atoms with Gasteiger partial charge < -0.3 is 10.1 Å². The van der Waals surface area contributed by atoms with Gasteiger partial charge in [0.1, 0.15) is 17.5 Å². The van der Waals surface area contributed by atoms with Gasteiger partial charge in [-0.3, -0.25) is 4.79 Å². The Balaban J connectivity index is 1.66. The Morgan fingerprint density at radius 2 is 2.26 bits per heavy atom. The van der Waals surface area contributed by atoms with Crippen LogP contribution in [-0.4, -0.2) is 27.5 Å². The van der Waals surface area contributed by atoms with Crippen LogP contribution in [0.4, 0.5) is 10.2 Å². The molecule has 0 bridgehead atoms. The summed E-state index contributed by atoms with van der Waals surface area (Å²) in [5, 5.41) is 2.74. The number of allylic oxidation sites excluding steroid dienone is 1. The molecule has 0 aliphatic heterocycles. The normalized spacial score (nSPS) is 20.8. The zero-order valence-electron chi connectivity index (χ0n) is 15.5. The molecule has 7 heteroatoms. The SMILES string of the molecule is C=CC[C@]1(COc2cnc(C)nc2CC)CC1C(=O)Nc1ccc(F)cn1. The molecule has 1 unspecified atom stereocenters. The summed E-state index contributed by atoms with van der Waals surface area (Å²) in [6, 6.07) is 2.71. The van der Waals surface area contributed by atoms with E-state index < -0.39 is 5.82 Å². The molecule has 1 amide bonds. The molecule has 1 fully saturated rings. The number of anilines is 1. The maximum atomic E-state index is 13.0. The van der Waals surface area contributed by atoms with Crippen molar-refractivity contribution in [1.82, 2.24) is 15.0 Å². The van der Waals surface area contributed by atoms with Crippen LogP contribution >= 0.6 is 0 Å². The minimum absolute atomic E-state index is 0.143. The fourth-order valence-electron chi connectivity index (χ4n) is 3.21. The molecule has 2 heterocycles. The number of aromatic nitrogens is 3. The van der Waals surface area contributed by atoms with Crippen molar-refractivity contribution in [1.29, 1.82) is 0 Å². The van der Waals surface area contributed by atoms with E-state index in [0.717, 1.165) is 18.3 Å². The van der Waals surface area contributed by atoms with Gasteiger partial charge in [0.15, 0.2) is 5.75 Å². The largest absolute Gasteiger partial charge is 0.489 e. The Morgan fingerprint density at radius 1 is 1.44 bits per heavy atom. The topological polar surface area (TPSA) is 77.0 Å². The lowest BCUT2D eigenvalue weighted by Crippen LogP contribution is -2.23. The molecule has 2 aromatic heterocycles. The Morgan fingerprint density at radius 3 is 2.93 bits per heavy atom. The minimum atomic E-state index is -0.444. The van der Waals surface area contributed by atoms with E-state index in [0.29, 0.717) is 36.8 Å². The smallest absolute Gasteiger partial charge is 0.229 e. The lowest BCUT2D eigenvalue weighted by molar-refractivity contribution is -0.118. The van der Waals surface area contributed by atoms with Crippen molar-refractivity contribution in [3.8, 4) is 5.75 Å². The first kappa shape index (κ1) is 18.9. The van der Waals surface area contributed by atoms with Crippen LogP contribution in [0.1, 0.15) is 31.3 Å². The summed E-state index contributed by atoms with van der Waals surface area (Å²) in [6.07, 6.45) is 6.66. The molecule has 1 aliphatic rings. The van der Waals surface area contributed by atoms with Gasteiger partial charge in [0.2, 0.25) is 5.91 Å². The van der Waals surface area contributed by atoms with Gasteiger partial charge in [0.05, 0.1) is 24.7 Å². The lowest BCUT2D eigenvalue weighted by Gasteiger charge is -2.18. The highest BCUT2D eigenvalue weighted by atomic mass is 19.1. The Labute approximate surface area is 157 Å². The van der Waals surface area contributed by atoms with Crippen molar-refractivity contribution in [3.05, 3.63) is 54.5 Å². The number of hydrogen-bond acceptors (Lipinski definition) is 5. The van der Waals surface area contributed by atoms with Crippen molar-refractivity contribution >= 4 is 11.7 Å². The molecular weight excluding hydrogens is 347 g/mol. The monoisotopic (exact) mass is 370 g/mol. The molecule has 0 saturated heterocycles. The third-order valence-corrected chi connectivity index (χ3v) is 4.84. The highest BCUT2D eigenvalue weighted by Crippen LogP contribution is 2.56. The number of aryl methyl sites for hydroxylation is 2. The average molecular weight is 370 g/mol. The van der Waals surface area contributed by atoms with Gasteiger partial charge in [-0.2, -0.15) is 0 Å². The van der Waals surface area contributed by atoms with Crippen LogP contribution in [0, 0.1) is 24.1 Å². The van der Waals surface area contributed by atoms with Gasteiger partial charge in [-0.15, -0.1) is 6.58 Å². The Hall–Kier alpha value is -2.83. The number of nitrogens with one attached hydrogen (secondary N) is 1. The number of pyridine rings is 1. The van der Waals surface area contributed by atoms with Crippen LogP contribution in [0.15, 0.2) is 37.2 Å². The van der Waals surface area contributed by atoms with E-state index in [1.54, 1.807) is 12.3 Å². The zero-order chi connectivity index (χ0) is 19.4. The van der Waals surface area contributed by atoms with E-state index in [1.165, 1.54) is 12.1 Å². The predicted octanol–water partition coefficient (Wildman–Crippen LogP) is 3.48. The number of amides is 1. The van der Waals surface area contributed by atoms with Crippen LogP contribution in [-0.2, 0) is 11.2 Å². The highest BCUT2D eigenvalue weighted by molar-refractivity contribution is 5.94. The van der Waals surface area contributed by atoms with E-state index in [1.807, 2.05) is 13.8 Å². The molecule has 27 heavy (non-hydrogen) atoms. The second-order valence-corrected chi connectivity index (χ2v) is 6.83. The summed E-state index contributed by atoms with van der Waals surface area (Å²) in [5.74, 6) is 0.894. The number of hydrogen-bond donors (Lipinski definition) is 1. The van der Waals surface area contributed by atoms with E-state index in [4.69, 9.17) is 4.74 Å². The first-order valence-corrected chi connectivity index (χ1v) is 8.96. The molecule has 1 aliphatic carbocycles. The van der Waals surface area contributed by atoms with E-state index in [9.17, 15) is 9.18 Å². The molecule has 0 radical (unpaired) electrons. The molecule has 0 aromatic carbocycles. The third-order valence-electron chi connectivity index (χ3n) is 4.84. The van der Waals surface area contributed by atoms with E-state index in [-0.39, 0.29) is 17.2 Å². The van der Waals surface area contributed by atoms with Crippen LogP contribution < -0.4 is 10.1 Å². The summed E-state index contributed by atoms with van der Waals surface area (Å²) in [5.41, 5.74) is 0.551. The molecule has 3 rings (SSSR count). The number of halogens is 1. The summed E-state index contributed by atoms with van der Waals surface area (Å²) in [6.45, 7) is 8.04. The van der Waals surface area contributed by atoms with E-state index in [2.05, 4.69) is 26.8 Å². The van der Waals surface area contributed by atoms with Gasteiger partial charge in [0.25, 0.3) is 0 Å². The Bertz CT molecular complexity index is 840. The van der Waals surface area contributed by atoms with Crippen molar-refractivity contribution < 1.29 is 13.9 Å². The maximum absolute atomic E-state index is 13.0. The summed E-state index contributed by atoms with van der Waals surface area (Å²) in [4.78, 5) is 25.0. The standard InChI is InChI=1S/C20H23FN4O2/c1-4-8-20(12-27-17-11-22-13(3)24-16(17)5-2)9-15(20)19(26)25-18-7-6-14(21)10-23-18/h4,6-7,10-11,15H,1,5,8-9,12H2,2-3H3,(H,23,25,26)/t15?,20-/m1/s1. The summed E-state index contributed by atoms with van der Waals surface area (Å²) >= 11 is 0. The first-order valence-electron chi connectivity index (χ1n) is 8.96. The van der Waals surface area contributed by atoms with E-state index >= 15 is 0 Å². The van der Waals surface area contributed by atoms with Crippen molar-refractivity contribution in [2.24, 2.45) is 11.3 Å². The molecule has 1 saturated carbocycles. The molecule has 1 N–H and O–H groups in total. The van der Waals surface area contributed by atoms with Crippen molar-refractivity contribution in [2.45, 2.75) is 33.1 Å². The molecule has 6 nitrogen and oxygen atoms in total. The zero-order valence-corrected chi connectivity index (χ0v) is 15.5.